The maximum absolute atomic E-state index is 6.34. The summed E-state index contributed by atoms with van der Waals surface area (Å²) < 4.78 is 5.40. The minimum atomic E-state index is 0.722. The molecule has 0 spiro atoms. The van der Waals surface area contributed by atoms with E-state index in [0.717, 1.165) is 50.0 Å². The van der Waals surface area contributed by atoms with Crippen LogP contribution in [0.15, 0.2) is 18.2 Å². The third-order valence-electron chi connectivity index (χ3n) is 2.97. The number of hydrogen-bond donors (Lipinski definition) is 1. The van der Waals surface area contributed by atoms with E-state index in [1.54, 1.807) is 0 Å². The fraction of sp³-hybridized carbons (Fsp3) is 0.600. The number of benzene rings is 1. The molecule has 0 saturated carbocycles. The van der Waals surface area contributed by atoms with E-state index in [1.165, 1.54) is 5.56 Å². The van der Waals surface area contributed by atoms with Crippen molar-refractivity contribution < 1.29 is 4.74 Å². The van der Waals surface area contributed by atoms with Crippen molar-refractivity contribution >= 4 is 17.3 Å². The summed E-state index contributed by atoms with van der Waals surface area (Å²) in [6, 6.07) is 6.07. The third kappa shape index (κ3) is 5.39. The number of nitrogens with one attached hydrogen (secondary N) is 1. The molecule has 0 bridgehead atoms. The first kappa shape index (κ1) is 16.3. The zero-order valence-corrected chi connectivity index (χ0v) is 13.0. The molecular formula is C15H25ClN2O. The Kier molecular flexibility index (Phi) is 7.87. The molecule has 1 rings (SSSR count). The summed E-state index contributed by atoms with van der Waals surface area (Å²) in [6.45, 7) is 8.37. The first-order chi connectivity index (χ1) is 9.20. The fourth-order valence-electron chi connectivity index (χ4n) is 1.99. The maximum atomic E-state index is 6.34. The summed E-state index contributed by atoms with van der Waals surface area (Å²) in [6.07, 6.45) is 1.13. The van der Waals surface area contributed by atoms with Crippen LogP contribution in [0.5, 0.6) is 0 Å². The quantitative estimate of drug-likeness (QED) is 0.704. The number of likely N-dealkylation sites (N-methyl/N-ethyl adjacent to an activating group) is 1. The van der Waals surface area contributed by atoms with Crippen LogP contribution in [0.3, 0.4) is 0 Å². The van der Waals surface area contributed by atoms with E-state index < -0.39 is 0 Å². The molecule has 0 saturated heterocycles. The van der Waals surface area contributed by atoms with Gasteiger partial charge in [0.25, 0.3) is 0 Å². The molecule has 0 aliphatic rings. The van der Waals surface area contributed by atoms with E-state index in [9.17, 15) is 0 Å². The van der Waals surface area contributed by atoms with Gasteiger partial charge in [0.05, 0.1) is 17.3 Å². The van der Waals surface area contributed by atoms with Gasteiger partial charge in [0.2, 0.25) is 0 Å². The van der Waals surface area contributed by atoms with Gasteiger partial charge in [-0.2, -0.15) is 0 Å². The van der Waals surface area contributed by atoms with Gasteiger partial charge in [-0.25, -0.2) is 0 Å². The van der Waals surface area contributed by atoms with Crippen molar-refractivity contribution in [1.29, 1.82) is 0 Å². The van der Waals surface area contributed by atoms with Gasteiger partial charge in [0.15, 0.2) is 0 Å². The van der Waals surface area contributed by atoms with Crippen molar-refractivity contribution in [1.82, 2.24) is 5.32 Å². The third-order valence-corrected chi connectivity index (χ3v) is 3.27. The zero-order chi connectivity index (χ0) is 14.1. The van der Waals surface area contributed by atoms with Crippen molar-refractivity contribution in [2.24, 2.45) is 0 Å². The highest BCUT2D eigenvalue weighted by Gasteiger charge is 2.11. The number of halogens is 1. The van der Waals surface area contributed by atoms with Crippen molar-refractivity contribution in [3.8, 4) is 0 Å². The highest BCUT2D eigenvalue weighted by molar-refractivity contribution is 6.33. The Bertz CT molecular complexity index is 371. The Morgan fingerprint density at radius 3 is 2.79 bits per heavy atom. The number of hydrogen-bond acceptors (Lipinski definition) is 3. The first-order valence-electron chi connectivity index (χ1n) is 6.97. The molecule has 0 aliphatic carbocycles. The molecule has 0 heterocycles. The lowest BCUT2D eigenvalue weighted by molar-refractivity contribution is 0.154. The predicted molar refractivity (Wildman–Crippen MR) is 83.2 cm³/mol. The van der Waals surface area contributed by atoms with Gasteiger partial charge in [-0.1, -0.05) is 30.7 Å². The average molecular weight is 285 g/mol. The monoisotopic (exact) mass is 284 g/mol. The highest BCUT2D eigenvalue weighted by atomic mass is 35.5. The highest BCUT2D eigenvalue weighted by Crippen LogP contribution is 2.29. The number of rotatable bonds is 9. The van der Waals surface area contributed by atoms with Crippen LogP contribution in [0, 0.1) is 0 Å². The molecule has 108 valence electrons. The predicted octanol–water partition coefficient (Wildman–Crippen LogP) is 3.31. The standard InChI is InChI=1S/C15H25ClN2O/c1-4-9-17-12-13-7-6-8-14(16)15(13)18(3)10-11-19-5-2/h6-8,17H,4-5,9-12H2,1-3H3. The second-order valence-corrected chi connectivity index (χ2v) is 4.95. The maximum Gasteiger partial charge on any atom is 0.0642 e. The lowest BCUT2D eigenvalue weighted by atomic mass is 10.1. The topological polar surface area (TPSA) is 24.5 Å². The van der Waals surface area contributed by atoms with Crippen LogP contribution in [0.25, 0.3) is 0 Å². The first-order valence-corrected chi connectivity index (χ1v) is 7.35. The average Bonchev–Trinajstić information content (AvgIpc) is 2.39. The van der Waals surface area contributed by atoms with E-state index in [1.807, 2.05) is 19.1 Å². The normalized spacial score (nSPS) is 10.7. The lowest BCUT2D eigenvalue weighted by Crippen LogP contribution is -2.25. The molecule has 0 radical (unpaired) electrons. The Labute approximate surface area is 121 Å². The zero-order valence-electron chi connectivity index (χ0n) is 12.2. The van der Waals surface area contributed by atoms with Gasteiger partial charge in [0, 0.05) is 26.7 Å². The van der Waals surface area contributed by atoms with Gasteiger partial charge in [-0.05, 0) is 31.5 Å². The number of nitrogens with zero attached hydrogens (tertiary/aromatic N) is 1. The van der Waals surface area contributed by atoms with Gasteiger partial charge in [-0.3, -0.25) is 0 Å². The van der Waals surface area contributed by atoms with Crippen LogP contribution in [0.2, 0.25) is 5.02 Å². The van der Waals surface area contributed by atoms with Crippen molar-refractivity contribution in [2.45, 2.75) is 26.8 Å². The van der Waals surface area contributed by atoms with Gasteiger partial charge < -0.3 is 15.0 Å². The van der Waals surface area contributed by atoms with Crippen LogP contribution in [0.1, 0.15) is 25.8 Å². The Balaban J connectivity index is 2.72. The molecule has 0 aliphatic heterocycles. The molecule has 3 nitrogen and oxygen atoms in total. The molecule has 0 aromatic heterocycles. The molecule has 19 heavy (non-hydrogen) atoms. The van der Waals surface area contributed by atoms with Gasteiger partial charge >= 0.3 is 0 Å². The Hall–Kier alpha value is -0.770. The Morgan fingerprint density at radius 2 is 2.11 bits per heavy atom. The van der Waals surface area contributed by atoms with Gasteiger partial charge in [-0.15, -0.1) is 0 Å². The minimum Gasteiger partial charge on any atom is -0.380 e. The van der Waals surface area contributed by atoms with Crippen LogP contribution < -0.4 is 10.2 Å². The fourth-order valence-corrected chi connectivity index (χ4v) is 2.33. The van der Waals surface area contributed by atoms with Crippen LogP contribution >= 0.6 is 11.6 Å². The summed E-state index contributed by atoms with van der Waals surface area (Å²) in [5.74, 6) is 0. The van der Waals surface area contributed by atoms with Crippen molar-refractivity contribution in [3.63, 3.8) is 0 Å². The van der Waals surface area contributed by atoms with Gasteiger partial charge in [0.1, 0.15) is 0 Å². The summed E-state index contributed by atoms with van der Waals surface area (Å²) in [5.41, 5.74) is 2.34. The SMILES string of the molecule is CCCNCc1cccc(Cl)c1N(C)CCOCC. The molecule has 1 aromatic carbocycles. The molecule has 4 heteroatoms. The smallest absolute Gasteiger partial charge is 0.0642 e. The van der Waals surface area contributed by atoms with Crippen molar-refractivity contribution in [3.05, 3.63) is 28.8 Å². The molecule has 1 N–H and O–H groups in total. The molecule has 1 aromatic rings. The van der Waals surface area contributed by atoms with E-state index >= 15 is 0 Å². The molecule has 0 unspecified atom stereocenters. The molecule has 0 amide bonds. The van der Waals surface area contributed by atoms with Crippen LogP contribution in [-0.2, 0) is 11.3 Å². The van der Waals surface area contributed by atoms with E-state index in [-0.39, 0.29) is 0 Å². The molecule has 0 atom stereocenters. The van der Waals surface area contributed by atoms with Crippen molar-refractivity contribution in [2.75, 3.05) is 38.3 Å². The summed E-state index contributed by atoms with van der Waals surface area (Å²) >= 11 is 6.34. The van der Waals surface area contributed by atoms with E-state index in [0.29, 0.717) is 0 Å². The van der Waals surface area contributed by atoms with Crippen LogP contribution in [0.4, 0.5) is 5.69 Å². The molecular weight excluding hydrogens is 260 g/mol. The summed E-state index contributed by atoms with van der Waals surface area (Å²) in [7, 11) is 2.06. The van der Waals surface area contributed by atoms with E-state index in [4.69, 9.17) is 16.3 Å². The summed E-state index contributed by atoms with van der Waals surface area (Å²) in [4.78, 5) is 2.17. The van der Waals surface area contributed by atoms with E-state index in [2.05, 4.69) is 30.3 Å². The number of ether oxygens (including phenoxy) is 1. The summed E-state index contributed by atoms with van der Waals surface area (Å²) in [5, 5.41) is 4.23. The lowest BCUT2D eigenvalue weighted by Gasteiger charge is -2.24. The largest absolute Gasteiger partial charge is 0.380 e. The molecule has 0 fully saturated rings. The second-order valence-electron chi connectivity index (χ2n) is 4.54. The Morgan fingerprint density at radius 1 is 1.32 bits per heavy atom. The number of anilines is 1. The minimum absolute atomic E-state index is 0.722. The number of para-hydroxylation sites is 1. The van der Waals surface area contributed by atoms with Crippen LogP contribution in [-0.4, -0.2) is 33.4 Å². The second kappa shape index (κ2) is 9.18.